The van der Waals surface area contributed by atoms with E-state index in [9.17, 15) is 24.8 Å². The summed E-state index contributed by atoms with van der Waals surface area (Å²) in [6.45, 7) is 3.79. The van der Waals surface area contributed by atoms with Crippen molar-refractivity contribution >= 4 is 28.8 Å². The van der Waals surface area contributed by atoms with Crippen molar-refractivity contribution in [2.45, 2.75) is 44.9 Å². The van der Waals surface area contributed by atoms with Crippen LogP contribution >= 0.6 is 11.3 Å². The number of thiophene rings is 1. The van der Waals surface area contributed by atoms with E-state index >= 15 is 0 Å². The largest absolute Gasteiger partial charge is 0.500 e. The minimum atomic E-state index is -0.902. The average molecular weight is 499 g/mol. The number of esters is 1. The average Bonchev–Trinajstić information content (AvgIpc) is 3.36. The van der Waals surface area contributed by atoms with Gasteiger partial charge in [0.05, 0.1) is 24.2 Å². The first kappa shape index (κ1) is 24.5. The second kappa shape index (κ2) is 9.91. The minimum Gasteiger partial charge on any atom is -0.500 e. The number of nitro benzene ring substituents is 1. The molecule has 0 spiro atoms. The van der Waals surface area contributed by atoms with Crippen molar-refractivity contribution < 1.29 is 29.1 Å². The summed E-state index contributed by atoms with van der Waals surface area (Å²) in [4.78, 5) is 38.8. The van der Waals surface area contributed by atoms with Crippen LogP contribution in [0, 0.1) is 10.1 Å². The zero-order chi connectivity index (χ0) is 25.3. The Labute approximate surface area is 206 Å². The quantitative estimate of drug-likeness (QED) is 0.320. The summed E-state index contributed by atoms with van der Waals surface area (Å²) in [5.74, 6) is -2.39. The number of Topliss-reactive ketones (excluding diaryl/α,β-unsaturated/α-hetero) is 1. The molecule has 35 heavy (non-hydrogen) atoms. The van der Waals surface area contributed by atoms with Gasteiger partial charge in [0.25, 0.3) is 0 Å². The van der Waals surface area contributed by atoms with Gasteiger partial charge in [0.2, 0.25) is 5.75 Å². The number of hydrogen-bond donors (Lipinski definition) is 2. The molecule has 1 aromatic carbocycles. The lowest BCUT2D eigenvalue weighted by Gasteiger charge is -2.36. The number of phenolic OH excluding ortho intramolecular Hbond substituents is 1. The molecule has 2 N–H and O–H groups in total. The van der Waals surface area contributed by atoms with Crippen LogP contribution in [-0.4, -0.2) is 35.5 Å². The molecule has 1 aromatic heterocycles. The molecule has 1 aliphatic heterocycles. The van der Waals surface area contributed by atoms with Crippen molar-refractivity contribution in [1.82, 2.24) is 5.32 Å². The van der Waals surface area contributed by atoms with Gasteiger partial charge in [0.1, 0.15) is 0 Å². The normalized spacial score (nSPS) is 19.8. The lowest BCUT2D eigenvalue weighted by atomic mass is 9.72. The molecule has 0 saturated heterocycles. The van der Waals surface area contributed by atoms with Gasteiger partial charge in [0.15, 0.2) is 11.5 Å². The topological polar surface area (TPSA) is 128 Å². The third-order valence-electron chi connectivity index (χ3n) is 6.26. The number of nitro groups is 1. The van der Waals surface area contributed by atoms with E-state index in [0.29, 0.717) is 35.4 Å². The first-order chi connectivity index (χ1) is 16.8. The van der Waals surface area contributed by atoms with Gasteiger partial charge < -0.3 is 19.9 Å². The van der Waals surface area contributed by atoms with E-state index < -0.39 is 28.2 Å². The minimum absolute atomic E-state index is 0.000479. The molecule has 4 rings (SSSR count). The standard InChI is InChI=1S/C25H26N2O7S/c1-4-7-34-25(30)21-13(2)26-16-9-14(20-6-5-8-35-20)11-18(28)23(16)22(21)15-10-17(27(31)32)24(29)19(12-15)33-3/h5-6,8,10,12,14,22,26,29H,4,7,9,11H2,1-3H3/t14-,22+/m1/s1. The molecule has 0 saturated carbocycles. The number of phenols is 1. The molecular formula is C25H26N2O7S. The molecule has 0 amide bonds. The number of methoxy groups -OCH3 is 1. The maximum atomic E-state index is 13.6. The van der Waals surface area contributed by atoms with Crippen LogP contribution in [0.15, 0.2) is 52.2 Å². The monoisotopic (exact) mass is 498 g/mol. The summed E-state index contributed by atoms with van der Waals surface area (Å²) in [5.41, 5.74) is 1.52. The van der Waals surface area contributed by atoms with Gasteiger partial charge in [-0.15, -0.1) is 11.3 Å². The van der Waals surface area contributed by atoms with Crippen LogP contribution in [-0.2, 0) is 14.3 Å². The summed E-state index contributed by atoms with van der Waals surface area (Å²) in [5, 5.41) is 27.2. The zero-order valence-corrected chi connectivity index (χ0v) is 20.4. The molecule has 0 radical (unpaired) electrons. The maximum absolute atomic E-state index is 13.6. The third-order valence-corrected chi connectivity index (χ3v) is 7.29. The van der Waals surface area contributed by atoms with E-state index in [2.05, 4.69) is 5.32 Å². The number of allylic oxidation sites excluding steroid dienone is 3. The van der Waals surface area contributed by atoms with Gasteiger partial charge >= 0.3 is 11.7 Å². The number of aromatic hydroxyl groups is 1. The number of rotatable bonds is 7. The van der Waals surface area contributed by atoms with E-state index in [4.69, 9.17) is 9.47 Å². The van der Waals surface area contributed by atoms with Crippen molar-refractivity contribution in [1.29, 1.82) is 0 Å². The van der Waals surface area contributed by atoms with Crippen LogP contribution in [0.5, 0.6) is 11.5 Å². The van der Waals surface area contributed by atoms with Gasteiger partial charge in [-0.25, -0.2) is 4.79 Å². The van der Waals surface area contributed by atoms with Gasteiger partial charge in [0, 0.05) is 46.2 Å². The maximum Gasteiger partial charge on any atom is 0.336 e. The van der Waals surface area contributed by atoms with Crippen LogP contribution in [0.1, 0.15) is 55.4 Å². The van der Waals surface area contributed by atoms with E-state index in [1.54, 1.807) is 18.3 Å². The highest BCUT2D eigenvalue weighted by Crippen LogP contribution is 2.49. The summed E-state index contributed by atoms with van der Waals surface area (Å²) in [6.07, 6.45) is 1.43. The fraction of sp³-hybridized carbons (Fsp3) is 0.360. The summed E-state index contributed by atoms with van der Waals surface area (Å²) < 4.78 is 10.6. The number of carbonyl (C=O) groups excluding carboxylic acids is 2. The van der Waals surface area contributed by atoms with Gasteiger partial charge in [-0.05, 0) is 42.8 Å². The molecule has 2 heterocycles. The fourth-order valence-electron chi connectivity index (χ4n) is 4.72. The molecule has 1 aliphatic carbocycles. The second-order valence-electron chi connectivity index (χ2n) is 8.52. The van der Waals surface area contributed by atoms with Gasteiger partial charge in [-0.2, -0.15) is 0 Å². The van der Waals surface area contributed by atoms with Crippen molar-refractivity contribution in [3.8, 4) is 11.5 Å². The number of ether oxygens (including phenoxy) is 2. The first-order valence-electron chi connectivity index (χ1n) is 11.3. The number of ketones is 1. The van der Waals surface area contributed by atoms with E-state index in [0.717, 1.165) is 4.88 Å². The Bertz CT molecular complexity index is 1250. The Morgan fingerprint density at radius 1 is 1.34 bits per heavy atom. The molecule has 10 heteroatoms. The van der Waals surface area contributed by atoms with Crippen LogP contribution in [0.3, 0.4) is 0 Å². The number of dihydropyridines is 1. The number of benzene rings is 1. The molecule has 9 nitrogen and oxygen atoms in total. The van der Waals surface area contributed by atoms with E-state index in [1.165, 1.54) is 19.2 Å². The lowest BCUT2D eigenvalue weighted by molar-refractivity contribution is -0.386. The molecule has 2 aromatic rings. The molecule has 0 unspecified atom stereocenters. The van der Waals surface area contributed by atoms with Crippen molar-refractivity contribution in [3.63, 3.8) is 0 Å². The summed E-state index contributed by atoms with van der Waals surface area (Å²) in [6, 6.07) is 6.57. The van der Waals surface area contributed by atoms with Crippen LogP contribution < -0.4 is 10.1 Å². The SMILES string of the molecule is CCCOC(=O)C1=C(C)NC2=C(C(=O)C[C@H](c3cccs3)C2)[C@H]1c1cc(OC)c(O)c([N+](=O)[O-])c1. The zero-order valence-electron chi connectivity index (χ0n) is 19.6. The van der Waals surface area contributed by atoms with Crippen molar-refractivity contribution in [2.75, 3.05) is 13.7 Å². The highest BCUT2D eigenvalue weighted by molar-refractivity contribution is 7.10. The smallest absolute Gasteiger partial charge is 0.336 e. The predicted molar refractivity (Wildman–Crippen MR) is 129 cm³/mol. The van der Waals surface area contributed by atoms with Crippen molar-refractivity contribution in [3.05, 3.63) is 72.7 Å². The molecule has 0 fully saturated rings. The first-order valence-corrected chi connectivity index (χ1v) is 12.1. The van der Waals surface area contributed by atoms with E-state index in [-0.39, 0.29) is 36.1 Å². The highest BCUT2D eigenvalue weighted by Gasteiger charge is 2.42. The summed E-state index contributed by atoms with van der Waals surface area (Å²) >= 11 is 1.59. The Balaban J connectivity index is 1.89. The number of hydrogen-bond acceptors (Lipinski definition) is 9. The van der Waals surface area contributed by atoms with Gasteiger partial charge in [-0.3, -0.25) is 14.9 Å². The predicted octanol–water partition coefficient (Wildman–Crippen LogP) is 4.69. The van der Waals surface area contributed by atoms with Crippen LogP contribution in [0.4, 0.5) is 5.69 Å². The number of carbonyl (C=O) groups is 2. The Kier molecular flexibility index (Phi) is 6.93. The van der Waals surface area contributed by atoms with E-state index in [1.807, 2.05) is 24.4 Å². The van der Waals surface area contributed by atoms with Crippen LogP contribution in [0.25, 0.3) is 0 Å². The summed E-state index contributed by atoms with van der Waals surface area (Å²) in [7, 11) is 1.28. The fourth-order valence-corrected chi connectivity index (χ4v) is 5.55. The Morgan fingerprint density at radius 3 is 2.74 bits per heavy atom. The molecule has 2 atom stereocenters. The van der Waals surface area contributed by atoms with Crippen molar-refractivity contribution in [2.24, 2.45) is 0 Å². The lowest BCUT2D eigenvalue weighted by Crippen LogP contribution is -2.36. The number of nitrogens with zero attached hydrogens (tertiary/aromatic N) is 1. The second-order valence-corrected chi connectivity index (χ2v) is 9.50. The molecular weight excluding hydrogens is 472 g/mol. The third kappa shape index (κ3) is 4.53. The van der Waals surface area contributed by atoms with Crippen LogP contribution in [0.2, 0.25) is 0 Å². The highest BCUT2D eigenvalue weighted by atomic mass is 32.1. The Hall–Kier alpha value is -3.66. The molecule has 2 aliphatic rings. The van der Waals surface area contributed by atoms with Gasteiger partial charge in [-0.1, -0.05) is 13.0 Å². The Morgan fingerprint density at radius 2 is 2.11 bits per heavy atom. The molecule has 0 bridgehead atoms. The molecule has 184 valence electrons. The number of nitrogens with one attached hydrogen (secondary N) is 1.